The van der Waals surface area contributed by atoms with Gasteiger partial charge in [0.2, 0.25) is 0 Å². The highest BCUT2D eigenvalue weighted by Crippen LogP contribution is 2.22. The smallest absolute Gasteiger partial charge is 0.251 e. The molecule has 0 aliphatic carbocycles. The van der Waals surface area contributed by atoms with E-state index < -0.39 is 0 Å². The van der Waals surface area contributed by atoms with Gasteiger partial charge >= 0.3 is 0 Å². The van der Waals surface area contributed by atoms with Crippen LogP contribution in [0, 0.1) is 5.41 Å². The van der Waals surface area contributed by atoms with Gasteiger partial charge in [-0.3, -0.25) is 4.79 Å². The molecule has 0 fully saturated rings. The average Bonchev–Trinajstić information content (AvgIpc) is 2.45. The van der Waals surface area contributed by atoms with Gasteiger partial charge in [-0.05, 0) is 24.0 Å². The van der Waals surface area contributed by atoms with Crippen molar-refractivity contribution in [2.24, 2.45) is 11.1 Å². The van der Waals surface area contributed by atoms with Crippen molar-refractivity contribution in [1.29, 1.82) is 0 Å². The van der Waals surface area contributed by atoms with E-state index in [1.54, 1.807) is 18.2 Å². The van der Waals surface area contributed by atoms with Crippen molar-refractivity contribution in [2.45, 2.75) is 46.5 Å². The quantitative estimate of drug-likeness (QED) is 0.569. The first-order valence-corrected chi connectivity index (χ1v) is 7.94. The Morgan fingerprint density at radius 1 is 1.29 bits per heavy atom. The largest absolute Gasteiger partial charge is 0.389 e. The Balaban J connectivity index is 2.57. The van der Waals surface area contributed by atoms with Crippen LogP contribution in [0.1, 0.15) is 62.4 Å². The molecule has 21 heavy (non-hydrogen) atoms. The van der Waals surface area contributed by atoms with Gasteiger partial charge in [-0.2, -0.15) is 0 Å². The van der Waals surface area contributed by atoms with Crippen LogP contribution >= 0.6 is 12.2 Å². The van der Waals surface area contributed by atoms with E-state index in [9.17, 15) is 4.79 Å². The maximum absolute atomic E-state index is 12.2. The van der Waals surface area contributed by atoms with Gasteiger partial charge in [-0.15, -0.1) is 0 Å². The summed E-state index contributed by atoms with van der Waals surface area (Å²) in [6.45, 7) is 7.25. The molecule has 0 aliphatic rings. The van der Waals surface area contributed by atoms with Gasteiger partial charge in [0.05, 0.1) is 0 Å². The summed E-state index contributed by atoms with van der Waals surface area (Å²) in [7, 11) is 0. The van der Waals surface area contributed by atoms with Crippen LogP contribution in [0.4, 0.5) is 0 Å². The molecule has 0 bridgehead atoms. The van der Waals surface area contributed by atoms with Crippen molar-refractivity contribution in [3.8, 4) is 0 Å². The standard InChI is InChI=1S/C17H26N2OS/c1-4-5-6-10-17(2,3)12-19-16(20)14-9-7-8-13(11-14)15(18)21/h7-9,11H,4-6,10,12H2,1-3H3,(H2,18,21)(H,19,20). The van der Waals surface area contributed by atoms with E-state index in [0.29, 0.717) is 17.1 Å². The van der Waals surface area contributed by atoms with Crippen molar-refractivity contribution < 1.29 is 4.79 Å². The van der Waals surface area contributed by atoms with Gasteiger partial charge in [-0.1, -0.05) is 64.4 Å². The number of hydrogen-bond acceptors (Lipinski definition) is 2. The molecule has 116 valence electrons. The molecule has 3 nitrogen and oxygen atoms in total. The number of benzene rings is 1. The molecule has 1 aromatic rings. The van der Waals surface area contributed by atoms with Crippen LogP contribution in [0.2, 0.25) is 0 Å². The highest BCUT2D eigenvalue weighted by atomic mass is 32.1. The first-order chi connectivity index (χ1) is 9.85. The second kappa shape index (κ2) is 8.13. The molecule has 0 saturated heterocycles. The molecule has 0 aliphatic heterocycles. The molecule has 0 atom stereocenters. The maximum atomic E-state index is 12.2. The lowest BCUT2D eigenvalue weighted by molar-refractivity contribution is 0.0934. The summed E-state index contributed by atoms with van der Waals surface area (Å²) in [5.41, 5.74) is 7.03. The molecule has 0 aromatic heterocycles. The molecule has 0 heterocycles. The van der Waals surface area contributed by atoms with Crippen molar-refractivity contribution in [3.05, 3.63) is 35.4 Å². The minimum absolute atomic E-state index is 0.0725. The Labute approximate surface area is 133 Å². The number of unbranched alkanes of at least 4 members (excludes halogenated alkanes) is 2. The molecular formula is C17H26N2OS. The fourth-order valence-electron chi connectivity index (χ4n) is 2.18. The second-order valence-electron chi connectivity index (χ2n) is 6.25. The van der Waals surface area contributed by atoms with Crippen LogP contribution in [-0.2, 0) is 0 Å². The zero-order valence-corrected chi connectivity index (χ0v) is 14.1. The predicted molar refractivity (Wildman–Crippen MR) is 92.6 cm³/mol. The minimum Gasteiger partial charge on any atom is -0.389 e. The van der Waals surface area contributed by atoms with Crippen molar-refractivity contribution in [3.63, 3.8) is 0 Å². The molecule has 1 aromatic carbocycles. The molecule has 0 spiro atoms. The summed E-state index contributed by atoms with van der Waals surface area (Å²) in [5, 5.41) is 3.01. The number of amides is 1. The number of thiocarbonyl (C=S) groups is 1. The van der Waals surface area contributed by atoms with E-state index in [1.807, 2.05) is 6.07 Å². The fourth-order valence-corrected chi connectivity index (χ4v) is 2.30. The van der Waals surface area contributed by atoms with Gasteiger partial charge in [0.15, 0.2) is 0 Å². The minimum atomic E-state index is -0.0725. The third kappa shape index (κ3) is 6.25. The Kier molecular flexibility index (Phi) is 6.82. The zero-order chi connectivity index (χ0) is 15.9. The summed E-state index contributed by atoms with van der Waals surface area (Å²) >= 11 is 4.94. The summed E-state index contributed by atoms with van der Waals surface area (Å²) in [4.78, 5) is 12.5. The van der Waals surface area contributed by atoms with Crippen LogP contribution in [0.3, 0.4) is 0 Å². The van der Waals surface area contributed by atoms with E-state index in [-0.39, 0.29) is 11.3 Å². The summed E-state index contributed by atoms with van der Waals surface area (Å²) < 4.78 is 0. The Hall–Kier alpha value is -1.42. The van der Waals surface area contributed by atoms with Crippen LogP contribution in [0.5, 0.6) is 0 Å². The van der Waals surface area contributed by atoms with Gasteiger partial charge in [-0.25, -0.2) is 0 Å². The first kappa shape index (κ1) is 17.6. The van der Waals surface area contributed by atoms with Gasteiger partial charge in [0, 0.05) is 17.7 Å². The average molecular weight is 306 g/mol. The molecular weight excluding hydrogens is 280 g/mol. The number of hydrogen-bond donors (Lipinski definition) is 2. The lowest BCUT2D eigenvalue weighted by Gasteiger charge is -2.25. The van der Waals surface area contributed by atoms with Crippen molar-refractivity contribution in [1.82, 2.24) is 5.32 Å². The third-order valence-electron chi connectivity index (χ3n) is 3.59. The number of nitrogens with one attached hydrogen (secondary N) is 1. The van der Waals surface area contributed by atoms with Crippen LogP contribution in [-0.4, -0.2) is 17.4 Å². The summed E-state index contributed by atoms with van der Waals surface area (Å²) in [6.07, 6.45) is 4.78. The van der Waals surface area contributed by atoms with E-state index in [2.05, 4.69) is 26.1 Å². The van der Waals surface area contributed by atoms with Crippen LogP contribution in [0.15, 0.2) is 24.3 Å². The van der Waals surface area contributed by atoms with E-state index in [4.69, 9.17) is 18.0 Å². The highest BCUT2D eigenvalue weighted by molar-refractivity contribution is 7.80. The molecule has 0 unspecified atom stereocenters. The van der Waals surface area contributed by atoms with Crippen LogP contribution in [0.25, 0.3) is 0 Å². The predicted octanol–water partition coefficient (Wildman–Crippen LogP) is 3.66. The van der Waals surface area contributed by atoms with Crippen LogP contribution < -0.4 is 11.1 Å². The zero-order valence-electron chi connectivity index (χ0n) is 13.2. The lowest BCUT2D eigenvalue weighted by atomic mass is 9.87. The molecule has 4 heteroatoms. The van der Waals surface area contributed by atoms with Gasteiger partial charge < -0.3 is 11.1 Å². The number of rotatable bonds is 8. The van der Waals surface area contributed by atoms with Gasteiger partial charge in [0.1, 0.15) is 4.99 Å². The fraction of sp³-hybridized carbons (Fsp3) is 0.529. The van der Waals surface area contributed by atoms with Crippen molar-refractivity contribution in [2.75, 3.05) is 6.54 Å². The van der Waals surface area contributed by atoms with E-state index in [1.165, 1.54) is 19.3 Å². The first-order valence-electron chi connectivity index (χ1n) is 7.54. The maximum Gasteiger partial charge on any atom is 0.251 e. The van der Waals surface area contributed by atoms with Crippen molar-refractivity contribution >= 4 is 23.1 Å². The Morgan fingerprint density at radius 2 is 1.95 bits per heavy atom. The number of carbonyl (C=O) groups excluding carboxylic acids is 1. The second-order valence-corrected chi connectivity index (χ2v) is 6.69. The Bertz CT molecular complexity index is 497. The number of nitrogens with two attached hydrogens (primary N) is 1. The molecule has 0 saturated carbocycles. The molecule has 1 rings (SSSR count). The third-order valence-corrected chi connectivity index (χ3v) is 3.83. The monoisotopic (exact) mass is 306 g/mol. The normalized spacial score (nSPS) is 11.2. The highest BCUT2D eigenvalue weighted by Gasteiger charge is 2.18. The Morgan fingerprint density at radius 3 is 2.57 bits per heavy atom. The van der Waals surface area contributed by atoms with E-state index >= 15 is 0 Å². The molecule has 3 N–H and O–H groups in total. The number of carbonyl (C=O) groups is 1. The SMILES string of the molecule is CCCCCC(C)(C)CNC(=O)c1cccc(C(N)=S)c1. The topological polar surface area (TPSA) is 55.1 Å². The molecule has 1 amide bonds. The summed E-state index contributed by atoms with van der Waals surface area (Å²) in [5.74, 6) is -0.0725. The van der Waals surface area contributed by atoms with E-state index in [0.717, 1.165) is 12.0 Å². The summed E-state index contributed by atoms with van der Waals surface area (Å²) in [6, 6.07) is 7.13. The lowest BCUT2D eigenvalue weighted by Crippen LogP contribution is -2.34. The van der Waals surface area contributed by atoms with Gasteiger partial charge in [0.25, 0.3) is 5.91 Å². The molecule has 0 radical (unpaired) electrons.